The van der Waals surface area contributed by atoms with Crippen molar-refractivity contribution in [2.24, 2.45) is 5.92 Å². The minimum atomic E-state index is 0.322. The molecule has 0 bridgehead atoms. The highest BCUT2D eigenvalue weighted by Crippen LogP contribution is 2.30. The van der Waals surface area contributed by atoms with Gasteiger partial charge in [0.25, 0.3) is 0 Å². The van der Waals surface area contributed by atoms with Gasteiger partial charge in [-0.05, 0) is 12.8 Å². The quantitative estimate of drug-likeness (QED) is 0.469. The van der Waals surface area contributed by atoms with E-state index in [9.17, 15) is 0 Å². The van der Waals surface area contributed by atoms with Crippen molar-refractivity contribution in [1.82, 2.24) is 0 Å². The molecule has 0 aromatic carbocycles. The van der Waals surface area contributed by atoms with Crippen LogP contribution in [0.5, 0.6) is 0 Å². The van der Waals surface area contributed by atoms with Crippen molar-refractivity contribution in [2.45, 2.75) is 18.1 Å². The highest BCUT2D eigenvalue weighted by atomic mass is 32.1. The maximum Gasteiger partial charge on any atom is 0.0656 e. The summed E-state index contributed by atoms with van der Waals surface area (Å²) in [5.74, 6) is 0.322. The average Bonchev–Trinajstić information content (AvgIpc) is 1.58. The lowest BCUT2D eigenvalue weighted by Crippen LogP contribution is -2.21. The third-order valence-electron chi connectivity index (χ3n) is 1.30. The van der Waals surface area contributed by atoms with E-state index in [1.165, 1.54) is 0 Å². The first-order valence-electron chi connectivity index (χ1n) is 2.40. The van der Waals surface area contributed by atoms with Crippen LogP contribution in [0.15, 0.2) is 0 Å². The van der Waals surface area contributed by atoms with Gasteiger partial charge in [0.05, 0.1) is 6.07 Å². The largest absolute Gasteiger partial charge is 0.198 e. The molecule has 0 aromatic rings. The summed E-state index contributed by atoms with van der Waals surface area (Å²) < 4.78 is 0. The summed E-state index contributed by atoms with van der Waals surface area (Å²) in [6.45, 7) is 0. The predicted molar refractivity (Wildman–Crippen MR) is 31.1 cm³/mol. The first-order valence-corrected chi connectivity index (χ1v) is 2.92. The Kier molecular flexibility index (Phi) is 1.25. The number of thiol groups is 1. The molecule has 1 saturated carbocycles. The monoisotopic (exact) mass is 113 g/mol. The molecular formula is C5H7NS. The summed E-state index contributed by atoms with van der Waals surface area (Å²) in [7, 11) is 0. The van der Waals surface area contributed by atoms with Crippen LogP contribution in [0.4, 0.5) is 0 Å². The second-order valence-electron chi connectivity index (χ2n) is 1.95. The third kappa shape index (κ3) is 0.889. The van der Waals surface area contributed by atoms with Crippen LogP contribution in [0.2, 0.25) is 0 Å². The van der Waals surface area contributed by atoms with Crippen LogP contribution in [0.1, 0.15) is 12.8 Å². The second kappa shape index (κ2) is 1.75. The number of rotatable bonds is 0. The minimum absolute atomic E-state index is 0.322. The summed E-state index contributed by atoms with van der Waals surface area (Å²) in [4.78, 5) is 0. The van der Waals surface area contributed by atoms with Crippen molar-refractivity contribution in [3.8, 4) is 6.07 Å². The van der Waals surface area contributed by atoms with Crippen molar-refractivity contribution in [3.05, 3.63) is 0 Å². The molecule has 1 fully saturated rings. The molecular weight excluding hydrogens is 106 g/mol. The smallest absolute Gasteiger partial charge is 0.0656 e. The minimum Gasteiger partial charge on any atom is -0.198 e. The molecule has 2 heteroatoms. The van der Waals surface area contributed by atoms with Gasteiger partial charge < -0.3 is 0 Å². The molecule has 0 aromatic heterocycles. The standard InChI is InChI=1S/C5H7NS/c6-3-4-1-5(7)2-4/h4-5,7H,1-2H2. The zero-order valence-electron chi connectivity index (χ0n) is 3.96. The maximum atomic E-state index is 8.22. The molecule has 0 aliphatic heterocycles. The van der Waals surface area contributed by atoms with Gasteiger partial charge in [0.15, 0.2) is 0 Å². The van der Waals surface area contributed by atoms with E-state index in [1.807, 2.05) is 0 Å². The molecule has 0 amide bonds. The van der Waals surface area contributed by atoms with Crippen molar-refractivity contribution in [2.75, 3.05) is 0 Å². The summed E-state index contributed by atoms with van der Waals surface area (Å²) in [6, 6.07) is 2.18. The maximum absolute atomic E-state index is 8.22. The Labute approximate surface area is 48.7 Å². The van der Waals surface area contributed by atoms with Crippen molar-refractivity contribution < 1.29 is 0 Å². The first-order chi connectivity index (χ1) is 3.33. The highest BCUT2D eigenvalue weighted by molar-refractivity contribution is 7.81. The number of hydrogen-bond donors (Lipinski definition) is 1. The molecule has 0 heterocycles. The highest BCUT2D eigenvalue weighted by Gasteiger charge is 2.25. The lowest BCUT2D eigenvalue weighted by molar-refractivity contribution is 0.415. The van der Waals surface area contributed by atoms with E-state index in [2.05, 4.69) is 18.7 Å². The SMILES string of the molecule is N#CC1CC(S)C1. The Balaban J connectivity index is 2.21. The van der Waals surface area contributed by atoms with Crippen LogP contribution < -0.4 is 0 Å². The van der Waals surface area contributed by atoms with Crippen molar-refractivity contribution in [3.63, 3.8) is 0 Å². The molecule has 0 radical (unpaired) electrons. The lowest BCUT2D eigenvalue weighted by Gasteiger charge is -2.25. The van der Waals surface area contributed by atoms with E-state index in [4.69, 9.17) is 5.26 Å². The number of nitrogens with zero attached hydrogens (tertiary/aromatic N) is 1. The Bertz CT molecular complexity index is 99.1. The van der Waals surface area contributed by atoms with E-state index in [-0.39, 0.29) is 0 Å². The Hall–Kier alpha value is -0.160. The zero-order valence-corrected chi connectivity index (χ0v) is 4.86. The van der Waals surface area contributed by atoms with Crippen LogP contribution in [0.25, 0.3) is 0 Å². The number of nitriles is 1. The van der Waals surface area contributed by atoms with Gasteiger partial charge in [-0.15, -0.1) is 0 Å². The van der Waals surface area contributed by atoms with E-state index in [0.717, 1.165) is 12.8 Å². The zero-order chi connectivity index (χ0) is 5.28. The van der Waals surface area contributed by atoms with Gasteiger partial charge in [-0.3, -0.25) is 0 Å². The van der Waals surface area contributed by atoms with E-state index in [0.29, 0.717) is 11.2 Å². The molecule has 38 valence electrons. The molecule has 7 heavy (non-hydrogen) atoms. The summed E-state index contributed by atoms with van der Waals surface area (Å²) in [5.41, 5.74) is 0. The fraction of sp³-hybridized carbons (Fsp3) is 0.800. The van der Waals surface area contributed by atoms with Crippen molar-refractivity contribution in [1.29, 1.82) is 5.26 Å². The Morgan fingerprint density at radius 3 is 2.29 bits per heavy atom. The average molecular weight is 113 g/mol. The van der Waals surface area contributed by atoms with Crippen LogP contribution in [-0.2, 0) is 0 Å². The molecule has 1 aliphatic rings. The topological polar surface area (TPSA) is 23.8 Å². The summed E-state index contributed by atoms with van der Waals surface area (Å²) in [5, 5.41) is 8.74. The van der Waals surface area contributed by atoms with Gasteiger partial charge in [-0.2, -0.15) is 17.9 Å². The van der Waals surface area contributed by atoms with Crippen LogP contribution in [-0.4, -0.2) is 5.25 Å². The lowest BCUT2D eigenvalue weighted by atomic mass is 9.86. The fourth-order valence-corrected chi connectivity index (χ4v) is 1.20. The van der Waals surface area contributed by atoms with E-state index < -0.39 is 0 Å². The normalized spacial score (nSPS) is 38.9. The second-order valence-corrected chi connectivity index (χ2v) is 2.68. The molecule has 1 nitrogen and oxygen atoms in total. The summed E-state index contributed by atoms with van der Waals surface area (Å²) in [6.07, 6.45) is 2.00. The molecule has 1 aliphatic carbocycles. The van der Waals surface area contributed by atoms with E-state index >= 15 is 0 Å². The van der Waals surface area contributed by atoms with Crippen LogP contribution in [0.3, 0.4) is 0 Å². The third-order valence-corrected chi connectivity index (χ3v) is 1.72. The van der Waals surface area contributed by atoms with Gasteiger partial charge in [0, 0.05) is 11.2 Å². The van der Waals surface area contributed by atoms with Crippen molar-refractivity contribution >= 4 is 12.6 Å². The fourth-order valence-electron chi connectivity index (χ4n) is 0.693. The van der Waals surface area contributed by atoms with Crippen LogP contribution in [0, 0.1) is 17.2 Å². The summed E-state index contributed by atoms with van der Waals surface area (Å²) >= 11 is 4.15. The van der Waals surface area contributed by atoms with Gasteiger partial charge in [-0.25, -0.2) is 0 Å². The predicted octanol–water partition coefficient (Wildman–Crippen LogP) is 1.22. The van der Waals surface area contributed by atoms with Gasteiger partial charge in [-0.1, -0.05) is 0 Å². The van der Waals surface area contributed by atoms with E-state index in [1.54, 1.807) is 0 Å². The van der Waals surface area contributed by atoms with Gasteiger partial charge >= 0.3 is 0 Å². The van der Waals surface area contributed by atoms with Gasteiger partial charge in [0.1, 0.15) is 0 Å². The molecule has 0 spiro atoms. The Morgan fingerprint density at radius 2 is 2.14 bits per heavy atom. The molecule has 1 rings (SSSR count). The first kappa shape index (κ1) is 4.99. The molecule has 0 atom stereocenters. The van der Waals surface area contributed by atoms with Crippen LogP contribution >= 0.6 is 12.6 Å². The molecule has 0 unspecified atom stereocenters. The molecule has 0 N–H and O–H groups in total. The number of hydrogen-bond acceptors (Lipinski definition) is 2. The molecule has 0 saturated heterocycles. The Morgan fingerprint density at radius 1 is 1.57 bits per heavy atom. The van der Waals surface area contributed by atoms with Gasteiger partial charge in [0.2, 0.25) is 0 Å².